The molecule has 1 aromatic heterocycles. The molecule has 0 aliphatic carbocycles. The standard InChI is InChI=1S/C18H24N2O/c1-2-19-18(13-14-7-3-4-12-21-14)16-8-5-10-17-15(16)9-6-11-20-17/h5-6,8-11,14,18-19H,2-4,7,12-13H2,1H3. The fourth-order valence-corrected chi connectivity index (χ4v) is 3.25. The average Bonchev–Trinajstić information content (AvgIpc) is 2.55. The maximum Gasteiger partial charge on any atom is 0.0705 e. The van der Waals surface area contributed by atoms with Crippen LogP contribution in [-0.2, 0) is 4.74 Å². The second-order valence-electron chi connectivity index (χ2n) is 5.75. The maximum absolute atomic E-state index is 5.93. The first-order chi connectivity index (χ1) is 10.4. The molecule has 1 N–H and O–H groups in total. The fourth-order valence-electron chi connectivity index (χ4n) is 3.25. The van der Waals surface area contributed by atoms with E-state index in [4.69, 9.17) is 4.74 Å². The number of fused-ring (bicyclic) bond motifs is 1. The van der Waals surface area contributed by atoms with Crippen molar-refractivity contribution in [2.24, 2.45) is 0 Å². The molecule has 3 heteroatoms. The van der Waals surface area contributed by atoms with Gasteiger partial charge in [0, 0.05) is 24.2 Å². The molecule has 1 aromatic carbocycles. The van der Waals surface area contributed by atoms with Crippen molar-refractivity contribution >= 4 is 10.9 Å². The van der Waals surface area contributed by atoms with Gasteiger partial charge in [0.15, 0.2) is 0 Å². The molecule has 2 atom stereocenters. The number of hydrogen-bond acceptors (Lipinski definition) is 3. The van der Waals surface area contributed by atoms with Gasteiger partial charge >= 0.3 is 0 Å². The molecule has 0 bridgehead atoms. The molecule has 1 fully saturated rings. The number of benzene rings is 1. The normalized spacial score (nSPS) is 20.5. The molecule has 1 aliphatic rings. The second kappa shape index (κ2) is 7.01. The van der Waals surface area contributed by atoms with E-state index < -0.39 is 0 Å². The lowest BCUT2D eigenvalue weighted by molar-refractivity contribution is 0.00522. The zero-order chi connectivity index (χ0) is 14.5. The van der Waals surface area contributed by atoms with Crippen molar-refractivity contribution in [3.8, 4) is 0 Å². The Bertz CT molecular complexity index is 573. The van der Waals surface area contributed by atoms with E-state index in [2.05, 4.69) is 41.5 Å². The van der Waals surface area contributed by atoms with Gasteiger partial charge in [-0.2, -0.15) is 0 Å². The average molecular weight is 284 g/mol. The summed E-state index contributed by atoms with van der Waals surface area (Å²) in [6.07, 6.45) is 6.97. The molecule has 3 nitrogen and oxygen atoms in total. The molecule has 21 heavy (non-hydrogen) atoms. The molecule has 112 valence electrons. The van der Waals surface area contributed by atoms with Crippen LogP contribution in [0.4, 0.5) is 0 Å². The van der Waals surface area contributed by atoms with Gasteiger partial charge in [0.05, 0.1) is 11.6 Å². The third-order valence-corrected chi connectivity index (χ3v) is 4.28. The highest BCUT2D eigenvalue weighted by atomic mass is 16.5. The molecular formula is C18H24N2O. The molecule has 2 unspecified atom stereocenters. The van der Waals surface area contributed by atoms with Crippen molar-refractivity contribution in [3.05, 3.63) is 42.1 Å². The van der Waals surface area contributed by atoms with Crippen LogP contribution >= 0.6 is 0 Å². The third-order valence-electron chi connectivity index (χ3n) is 4.28. The Hall–Kier alpha value is -1.45. The van der Waals surface area contributed by atoms with E-state index in [-0.39, 0.29) is 0 Å². The number of nitrogens with one attached hydrogen (secondary N) is 1. The molecule has 2 heterocycles. The number of hydrogen-bond donors (Lipinski definition) is 1. The summed E-state index contributed by atoms with van der Waals surface area (Å²) in [5, 5.41) is 4.88. The van der Waals surface area contributed by atoms with Crippen molar-refractivity contribution in [2.75, 3.05) is 13.2 Å². The second-order valence-corrected chi connectivity index (χ2v) is 5.75. The highest BCUT2D eigenvalue weighted by Crippen LogP contribution is 2.29. The first-order valence-corrected chi connectivity index (χ1v) is 8.07. The summed E-state index contributed by atoms with van der Waals surface area (Å²) >= 11 is 0. The molecule has 0 radical (unpaired) electrons. The minimum Gasteiger partial charge on any atom is -0.378 e. The summed E-state index contributed by atoms with van der Waals surface area (Å²) in [5.41, 5.74) is 2.42. The van der Waals surface area contributed by atoms with Crippen LogP contribution in [-0.4, -0.2) is 24.2 Å². The zero-order valence-electron chi connectivity index (χ0n) is 12.7. The predicted molar refractivity (Wildman–Crippen MR) is 86.4 cm³/mol. The van der Waals surface area contributed by atoms with Crippen LogP contribution in [0.3, 0.4) is 0 Å². The summed E-state index contributed by atoms with van der Waals surface area (Å²) in [4.78, 5) is 4.47. The Balaban J connectivity index is 1.87. The maximum atomic E-state index is 5.93. The van der Waals surface area contributed by atoms with Gasteiger partial charge in [-0.25, -0.2) is 0 Å². The fraction of sp³-hybridized carbons (Fsp3) is 0.500. The summed E-state index contributed by atoms with van der Waals surface area (Å²) in [7, 11) is 0. The highest BCUT2D eigenvalue weighted by Gasteiger charge is 2.21. The van der Waals surface area contributed by atoms with Gasteiger partial charge < -0.3 is 10.1 Å². The van der Waals surface area contributed by atoms with Gasteiger partial charge in [-0.15, -0.1) is 0 Å². The highest BCUT2D eigenvalue weighted by molar-refractivity contribution is 5.82. The minimum absolute atomic E-state index is 0.339. The Morgan fingerprint density at radius 2 is 2.24 bits per heavy atom. The van der Waals surface area contributed by atoms with Gasteiger partial charge in [-0.3, -0.25) is 4.98 Å². The van der Waals surface area contributed by atoms with Crippen LogP contribution in [0, 0.1) is 0 Å². The Kier molecular flexibility index (Phi) is 4.84. The van der Waals surface area contributed by atoms with Crippen LogP contribution in [0.2, 0.25) is 0 Å². The smallest absolute Gasteiger partial charge is 0.0705 e. The Labute approximate surface area is 126 Å². The number of pyridine rings is 1. The van der Waals surface area contributed by atoms with Crippen LogP contribution < -0.4 is 5.32 Å². The van der Waals surface area contributed by atoms with Crippen molar-refractivity contribution in [2.45, 2.75) is 44.8 Å². The van der Waals surface area contributed by atoms with Crippen LogP contribution in [0.5, 0.6) is 0 Å². The van der Waals surface area contributed by atoms with E-state index in [1.165, 1.54) is 30.2 Å². The Morgan fingerprint density at radius 1 is 1.29 bits per heavy atom. The van der Waals surface area contributed by atoms with Gasteiger partial charge in [0.2, 0.25) is 0 Å². The van der Waals surface area contributed by atoms with E-state index in [0.717, 1.165) is 25.1 Å². The number of nitrogens with zero attached hydrogens (tertiary/aromatic N) is 1. The van der Waals surface area contributed by atoms with Crippen molar-refractivity contribution in [3.63, 3.8) is 0 Å². The first-order valence-electron chi connectivity index (χ1n) is 8.07. The molecule has 2 aromatic rings. The number of ether oxygens (including phenoxy) is 1. The lowest BCUT2D eigenvalue weighted by atomic mass is 9.94. The Morgan fingerprint density at radius 3 is 3.05 bits per heavy atom. The third kappa shape index (κ3) is 3.42. The molecular weight excluding hydrogens is 260 g/mol. The summed E-state index contributed by atoms with van der Waals surface area (Å²) in [5.74, 6) is 0. The van der Waals surface area contributed by atoms with Gasteiger partial charge in [0.25, 0.3) is 0 Å². The van der Waals surface area contributed by atoms with Crippen molar-refractivity contribution in [1.29, 1.82) is 0 Å². The molecule has 1 saturated heterocycles. The SMILES string of the molecule is CCNC(CC1CCCCO1)c1cccc2ncccc12. The molecule has 0 saturated carbocycles. The van der Waals surface area contributed by atoms with Crippen LogP contribution in [0.1, 0.15) is 44.2 Å². The zero-order valence-corrected chi connectivity index (χ0v) is 12.7. The molecule has 1 aliphatic heterocycles. The molecule has 0 spiro atoms. The largest absolute Gasteiger partial charge is 0.378 e. The van der Waals surface area contributed by atoms with Crippen molar-refractivity contribution in [1.82, 2.24) is 10.3 Å². The lowest BCUT2D eigenvalue weighted by Gasteiger charge is -2.28. The van der Waals surface area contributed by atoms with Gasteiger partial charge in [-0.05, 0) is 49.9 Å². The monoisotopic (exact) mass is 284 g/mol. The summed E-state index contributed by atoms with van der Waals surface area (Å²) in [6, 6.07) is 10.9. The quantitative estimate of drug-likeness (QED) is 0.905. The summed E-state index contributed by atoms with van der Waals surface area (Å²) in [6.45, 7) is 4.05. The summed E-state index contributed by atoms with van der Waals surface area (Å²) < 4.78 is 5.93. The van der Waals surface area contributed by atoms with E-state index in [9.17, 15) is 0 Å². The predicted octanol–water partition coefficient (Wildman–Crippen LogP) is 3.84. The van der Waals surface area contributed by atoms with Crippen LogP contribution in [0.25, 0.3) is 10.9 Å². The van der Waals surface area contributed by atoms with Crippen LogP contribution in [0.15, 0.2) is 36.5 Å². The van der Waals surface area contributed by atoms with E-state index in [1.807, 2.05) is 12.3 Å². The first kappa shape index (κ1) is 14.5. The van der Waals surface area contributed by atoms with E-state index in [1.54, 1.807) is 0 Å². The topological polar surface area (TPSA) is 34.1 Å². The minimum atomic E-state index is 0.339. The number of rotatable bonds is 5. The van der Waals surface area contributed by atoms with Crippen molar-refractivity contribution < 1.29 is 4.74 Å². The lowest BCUT2D eigenvalue weighted by Crippen LogP contribution is -2.29. The van der Waals surface area contributed by atoms with Gasteiger partial charge in [0.1, 0.15) is 0 Å². The van der Waals surface area contributed by atoms with E-state index in [0.29, 0.717) is 12.1 Å². The molecule has 0 amide bonds. The number of aromatic nitrogens is 1. The molecule has 3 rings (SSSR count). The van der Waals surface area contributed by atoms with Gasteiger partial charge in [-0.1, -0.05) is 25.1 Å². The van der Waals surface area contributed by atoms with E-state index >= 15 is 0 Å².